The SMILES string of the molecule is CCNC(=O)c1cccc(CN=C(NCC)NC2CCN(C(=O)CC)C2)c1. The van der Waals surface area contributed by atoms with E-state index in [1.54, 1.807) is 6.07 Å². The molecule has 3 N–H and O–H groups in total. The van der Waals surface area contributed by atoms with E-state index in [1.165, 1.54) is 0 Å². The lowest BCUT2D eigenvalue weighted by molar-refractivity contribution is -0.129. The van der Waals surface area contributed by atoms with Crippen LogP contribution in [-0.4, -0.2) is 54.9 Å². The molecule has 1 unspecified atom stereocenters. The second-order valence-corrected chi connectivity index (χ2v) is 6.58. The third kappa shape index (κ3) is 6.27. The summed E-state index contributed by atoms with van der Waals surface area (Å²) < 4.78 is 0. The first-order chi connectivity index (χ1) is 13.1. The van der Waals surface area contributed by atoms with Crippen LogP contribution in [0, 0.1) is 0 Å². The van der Waals surface area contributed by atoms with Gasteiger partial charge in [-0.25, -0.2) is 4.99 Å². The molecule has 7 heteroatoms. The van der Waals surface area contributed by atoms with Crippen LogP contribution in [-0.2, 0) is 11.3 Å². The fourth-order valence-electron chi connectivity index (χ4n) is 3.09. The number of benzene rings is 1. The van der Waals surface area contributed by atoms with Crippen LogP contribution in [0.5, 0.6) is 0 Å². The highest BCUT2D eigenvalue weighted by Crippen LogP contribution is 2.11. The lowest BCUT2D eigenvalue weighted by atomic mass is 10.1. The number of hydrogen-bond acceptors (Lipinski definition) is 3. The highest BCUT2D eigenvalue weighted by Gasteiger charge is 2.25. The zero-order valence-corrected chi connectivity index (χ0v) is 16.5. The number of aliphatic imine (C=N–C) groups is 1. The Bertz CT molecular complexity index is 674. The van der Waals surface area contributed by atoms with Crippen molar-refractivity contribution in [2.24, 2.45) is 4.99 Å². The molecule has 2 amide bonds. The normalized spacial score (nSPS) is 16.9. The number of carbonyl (C=O) groups is 2. The number of carbonyl (C=O) groups excluding carboxylic acids is 2. The van der Waals surface area contributed by atoms with Gasteiger partial charge in [-0.3, -0.25) is 9.59 Å². The maximum atomic E-state index is 12.0. The summed E-state index contributed by atoms with van der Waals surface area (Å²) in [5.74, 6) is 0.861. The molecule has 1 fully saturated rings. The Kier molecular flexibility index (Phi) is 8.10. The van der Waals surface area contributed by atoms with Crippen LogP contribution in [0.1, 0.15) is 49.5 Å². The van der Waals surface area contributed by atoms with E-state index in [9.17, 15) is 9.59 Å². The van der Waals surface area contributed by atoms with Gasteiger partial charge >= 0.3 is 0 Å². The standard InChI is InChI=1S/C20H31N5O2/c1-4-18(26)25-11-10-17(14-25)24-20(22-6-3)23-13-15-8-7-9-16(12-15)19(27)21-5-2/h7-9,12,17H,4-6,10-11,13-14H2,1-3H3,(H,21,27)(H2,22,23,24). The first-order valence-electron chi connectivity index (χ1n) is 9.77. The largest absolute Gasteiger partial charge is 0.357 e. The zero-order chi connectivity index (χ0) is 19.6. The van der Waals surface area contributed by atoms with Crippen molar-refractivity contribution in [3.05, 3.63) is 35.4 Å². The molecule has 148 valence electrons. The van der Waals surface area contributed by atoms with Crippen molar-refractivity contribution in [2.75, 3.05) is 26.2 Å². The van der Waals surface area contributed by atoms with Crippen LogP contribution in [0.2, 0.25) is 0 Å². The quantitative estimate of drug-likeness (QED) is 0.499. The fourth-order valence-corrected chi connectivity index (χ4v) is 3.09. The molecule has 1 saturated heterocycles. The van der Waals surface area contributed by atoms with Crippen molar-refractivity contribution in [3.8, 4) is 0 Å². The molecule has 0 radical (unpaired) electrons. The van der Waals surface area contributed by atoms with Crippen LogP contribution < -0.4 is 16.0 Å². The van der Waals surface area contributed by atoms with Crippen molar-refractivity contribution < 1.29 is 9.59 Å². The highest BCUT2D eigenvalue weighted by atomic mass is 16.2. The second kappa shape index (κ2) is 10.5. The molecular weight excluding hydrogens is 342 g/mol. The molecule has 1 aliphatic heterocycles. The van der Waals surface area contributed by atoms with E-state index in [0.29, 0.717) is 31.6 Å². The lowest BCUT2D eigenvalue weighted by Crippen LogP contribution is -2.45. The van der Waals surface area contributed by atoms with Crippen molar-refractivity contribution >= 4 is 17.8 Å². The first-order valence-corrected chi connectivity index (χ1v) is 9.77. The molecule has 2 rings (SSSR count). The van der Waals surface area contributed by atoms with Gasteiger partial charge in [-0.15, -0.1) is 0 Å². The number of guanidine groups is 1. The molecule has 27 heavy (non-hydrogen) atoms. The van der Waals surface area contributed by atoms with Crippen LogP contribution in [0.4, 0.5) is 0 Å². The third-order valence-corrected chi connectivity index (χ3v) is 4.47. The lowest BCUT2D eigenvalue weighted by Gasteiger charge is -2.18. The van der Waals surface area contributed by atoms with Gasteiger partial charge in [-0.05, 0) is 38.0 Å². The molecule has 0 bridgehead atoms. The summed E-state index contributed by atoms with van der Waals surface area (Å²) in [4.78, 5) is 30.4. The Labute approximate surface area is 161 Å². The average Bonchev–Trinajstić information content (AvgIpc) is 3.14. The summed E-state index contributed by atoms with van der Waals surface area (Å²) in [5, 5.41) is 9.48. The van der Waals surface area contributed by atoms with E-state index in [1.807, 2.05) is 43.9 Å². The average molecular weight is 374 g/mol. The van der Waals surface area contributed by atoms with E-state index in [0.717, 1.165) is 31.0 Å². The molecule has 1 heterocycles. The van der Waals surface area contributed by atoms with E-state index in [2.05, 4.69) is 20.9 Å². The Hall–Kier alpha value is -2.57. The molecule has 1 aliphatic rings. The third-order valence-electron chi connectivity index (χ3n) is 4.47. The Morgan fingerprint density at radius 1 is 1.19 bits per heavy atom. The number of hydrogen-bond donors (Lipinski definition) is 3. The van der Waals surface area contributed by atoms with Gasteiger partial charge in [-0.2, -0.15) is 0 Å². The number of likely N-dealkylation sites (tertiary alicyclic amines) is 1. The summed E-state index contributed by atoms with van der Waals surface area (Å²) in [6.07, 6.45) is 1.46. The summed E-state index contributed by atoms with van der Waals surface area (Å²) in [7, 11) is 0. The van der Waals surface area contributed by atoms with Crippen molar-refractivity contribution in [1.82, 2.24) is 20.9 Å². The second-order valence-electron chi connectivity index (χ2n) is 6.58. The van der Waals surface area contributed by atoms with Gasteiger partial charge in [0.2, 0.25) is 5.91 Å². The Morgan fingerprint density at radius 2 is 1.96 bits per heavy atom. The van der Waals surface area contributed by atoms with Gasteiger partial charge in [0.1, 0.15) is 0 Å². The molecular formula is C20H31N5O2. The van der Waals surface area contributed by atoms with Crippen molar-refractivity contribution in [2.45, 2.75) is 46.2 Å². The van der Waals surface area contributed by atoms with Crippen LogP contribution >= 0.6 is 0 Å². The van der Waals surface area contributed by atoms with Gasteiger partial charge in [0.05, 0.1) is 6.54 Å². The molecule has 0 aromatic heterocycles. The van der Waals surface area contributed by atoms with E-state index in [4.69, 9.17) is 0 Å². The molecule has 0 spiro atoms. The topological polar surface area (TPSA) is 85.8 Å². The van der Waals surface area contributed by atoms with E-state index >= 15 is 0 Å². The minimum atomic E-state index is -0.0694. The number of amides is 2. The highest BCUT2D eigenvalue weighted by molar-refractivity contribution is 5.94. The molecule has 7 nitrogen and oxygen atoms in total. The Balaban J connectivity index is 1.98. The van der Waals surface area contributed by atoms with Crippen LogP contribution in [0.3, 0.4) is 0 Å². The van der Waals surface area contributed by atoms with Crippen LogP contribution in [0.25, 0.3) is 0 Å². The number of nitrogens with zero attached hydrogens (tertiary/aromatic N) is 2. The molecule has 1 atom stereocenters. The minimum absolute atomic E-state index is 0.0694. The number of nitrogens with one attached hydrogen (secondary N) is 3. The van der Waals surface area contributed by atoms with Gasteiger partial charge in [0.15, 0.2) is 5.96 Å². The molecule has 0 aliphatic carbocycles. The Morgan fingerprint density at radius 3 is 2.67 bits per heavy atom. The monoisotopic (exact) mass is 373 g/mol. The summed E-state index contributed by atoms with van der Waals surface area (Å²) in [5.41, 5.74) is 1.62. The summed E-state index contributed by atoms with van der Waals surface area (Å²) in [6, 6.07) is 7.72. The fraction of sp³-hybridized carbons (Fsp3) is 0.550. The van der Waals surface area contributed by atoms with Crippen molar-refractivity contribution in [3.63, 3.8) is 0 Å². The van der Waals surface area contributed by atoms with Gasteiger partial charge in [0, 0.05) is 44.2 Å². The van der Waals surface area contributed by atoms with Crippen molar-refractivity contribution in [1.29, 1.82) is 0 Å². The van der Waals surface area contributed by atoms with Gasteiger partial charge in [-0.1, -0.05) is 19.1 Å². The first kappa shape index (κ1) is 20.7. The number of rotatable bonds is 7. The summed E-state index contributed by atoms with van der Waals surface area (Å²) in [6.45, 7) is 9.16. The summed E-state index contributed by atoms with van der Waals surface area (Å²) >= 11 is 0. The van der Waals surface area contributed by atoms with Gasteiger partial charge < -0.3 is 20.9 Å². The predicted octanol–water partition coefficient (Wildman–Crippen LogP) is 1.50. The van der Waals surface area contributed by atoms with Gasteiger partial charge in [0.25, 0.3) is 5.91 Å². The molecule has 0 saturated carbocycles. The molecule has 1 aromatic rings. The maximum absolute atomic E-state index is 12.0. The van der Waals surface area contributed by atoms with Crippen LogP contribution in [0.15, 0.2) is 29.3 Å². The van der Waals surface area contributed by atoms with E-state index in [-0.39, 0.29) is 17.9 Å². The van der Waals surface area contributed by atoms with E-state index < -0.39 is 0 Å². The smallest absolute Gasteiger partial charge is 0.251 e. The predicted molar refractivity (Wildman–Crippen MR) is 108 cm³/mol. The molecule has 1 aromatic carbocycles. The zero-order valence-electron chi connectivity index (χ0n) is 16.5. The minimum Gasteiger partial charge on any atom is -0.357 e. The maximum Gasteiger partial charge on any atom is 0.251 e.